The van der Waals surface area contributed by atoms with Gasteiger partial charge in [0, 0.05) is 16.3 Å². The van der Waals surface area contributed by atoms with E-state index in [9.17, 15) is 9.59 Å². The zero-order valence-electron chi connectivity index (χ0n) is 31.1. The van der Waals surface area contributed by atoms with Gasteiger partial charge in [-0.15, -0.1) is 34.0 Å². The number of carbonyl (C=O) groups is 2. The molecule has 4 rings (SSSR count). The van der Waals surface area contributed by atoms with Gasteiger partial charge in [-0.1, -0.05) is 143 Å². The first kappa shape index (κ1) is 41.9. The van der Waals surface area contributed by atoms with Crippen molar-refractivity contribution in [2.75, 3.05) is 6.54 Å². The van der Waals surface area contributed by atoms with E-state index in [2.05, 4.69) is 64.8 Å². The fourth-order valence-corrected chi connectivity index (χ4v) is 12.1. The number of imide groups is 1. The van der Waals surface area contributed by atoms with Crippen LogP contribution in [0.25, 0.3) is 19.5 Å². The average Bonchev–Trinajstić information content (AvgIpc) is 3.85. The molecular formula is C42H61Br2NO2S3. The predicted octanol–water partition coefficient (Wildman–Crippen LogP) is 16.1. The molecule has 1 aliphatic rings. The second kappa shape index (κ2) is 23.1. The molecular weight excluding hydrogens is 806 g/mol. The van der Waals surface area contributed by atoms with E-state index in [-0.39, 0.29) is 11.8 Å². The first-order valence-corrected chi connectivity index (χ1v) is 24.0. The molecule has 2 amide bonds. The Balaban J connectivity index is 1.49. The summed E-state index contributed by atoms with van der Waals surface area (Å²) in [5.74, 6) is -0.188. The van der Waals surface area contributed by atoms with E-state index in [4.69, 9.17) is 0 Å². The number of nitrogens with zero attached hydrogens (tertiary/aromatic N) is 1. The molecule has 0 bridgehead atoms. The summed E-state index contributed by atoms with van der Waals surface area (Å²) in [6.07, 6.45) is 29.7. The maximum absolute atomic E-state index is 14.1. The van der Waals surface area contributed by atoms with Crippen LogP contribution in [0.3, 0.4) is 0 Å². The molecule has 0 radical (unpaired) electrons. The van der Waals surface area contributed by atoms with Crippen LogP contribution in [0.5, 0.6) is 0 Å². The number of aryl methyl sites for hydroxylation is 2. The highest BCUT2D eigenvalue weighted by Crippen LogP contribution is 2.51. The number of thiophene rings is 3. The topological polar surface area (TPSA) is 37.4 Å². The van der Waals surface area contributed by atoms with E-state index in [1.54, 1.807) is 38.9 Å². The highest BCUT2D eigenvalue weighted by Gasteiger charge is 2.42. The maximum atomic E-state index is 14.1. The van der Waals surface area contributed by atoms with Gasteiger partial charge in [0.05, 0.1) is 28.5 Å². The minimum Gasteiger partial charge on any atom is -0.274 e. The normalized spacial score (nSPS) is 12.9. The summed E-state index contributed by atoms with van der Waals surface area (Å²) < 4.78 is 2.31. The molecule has 1 aliphatic heterocycles. The number of halogens is 2. The van der Waals surface area contributed by atoms with Crippen LogP contribution in [0, 0.1) is 0 Å². The van der Waals surface area contributed by atoms with Gasteiger partial charge in [0.2, 0.25) is 0 Å². The standard InChI is InChI=1S/C42H61Br2NO2S3/c1-4-7-10-13-16-17-18-19-22-25-28-45-41(46)35-36(42(45)47)38(34-30-32(40(44)49-34)27-24-21-15-12-9-6-3)50-37(35)33-29-31(39(43)48-33)26-23-20-14-11-8-5-2/h29-30H,4-28H2,1-3H3. The van der Waals surface area contributed by atoms with Crippen LogP contribution in [-0.4, -0.2) is 23.3 Å². The van der Waals surface area contributed by atoms with Crippen LogP contribution in [0.2, 0.25) is 0 Å². The zero-order valence-corrected chi connectivity index (χ0v) is 36.7. The number of carbonyl (C=O) groups excluding carboxylic acids is 2. The van der Waals surface area contributed by atoms with Crippen LogP contribution < -0.4 is 0 Å². The monoisotopic (exact) mass is 865 g/mol. The van der Waals surface area contributed by atoms with Gasteiger partial charge in [-0.2, -0.15) is 0 Å². The van der Waals surface area contributed by atoms with Crippen LogP contribution >= 0.6 is 65.9 Å². The van der Waals surface area contributed by atoms with Crippen LogP contribution in [0.15, 0.2) is 19.7 Å². The molecule has 0 spiro atoms. The molecule has 3 aromatic heterocycles. The van der Waals surface area contributed by atoms with Gasteiger partial charge >= 0.3 is 0 Å². The Morgan fingerprint density at radius 1 is 0.480 bits per heavy atom. The van der Waals surface area contributed by atoms with Gasteiger partial charge < -0.3 is 0 Å². The smallest absolute Gasteiger partial charge is 0.263 e. The SMILES string of the molecule is CCCCCCCCCCCCN1C(=O)c2c(-c3cc(CCCCCCCC)c(Br)s3)sc(-c3cc(CCCCCCCC)c(Br)s3)c2C1=O. The summed E-state index contributed by atoms with van der Waals surface area (Å²) >= 11 is 12.8. The van der Waals surface area contributed by atoms with Crippen LogP contribution in [0.1, 0.15) is 194 Å². The molecule has 0 saturated carbocycles. The molecule has 0 aliphatic carbocycles. The van der Waals surface area contributed by atoms with Gasteiger partial charge in [-0.05, 0) is 87.2 Å². The van der Waals surface area contributed by atoms with Gasteiger partial charge in [-0.25, -0.2) is 0 Å². The number of unbranched alkanes of at least 4 members (excludes halogenated alkanes) is 19. The van der Waals surface area contributed by atoms with Crippen LogP contribution in [-0.2, 0) is 12.8 Å². The Labute approximate surface area is 332 Å². The second-order valence-corrected chi connectivity index (χ2v) is 20.1. The number of hydrogen-bond acceptors (Lipinski definition) is 5. The molecule has 0 aromatic carbocycles. The van der Waals surface area contributed by atoms with Gasteiger partial charge in [0.25, 0.3) is 11.8 Å². The van der Waals surface area contributed by atoms with Crippen molar-refractivity contribution in [1.82, 2.24) is 4.90 Å². The number of rotatable bonds is 27. The zero-order chi connectivity index (χ0) is 35.7. The van der Waals surface area contributed by atoms with Crippen molar-refractivity contribution in [1.29, 1.82) is 0 Å². The van der Waals surface area contributed by atoms with Crippen molar-refractivity contribution in [3.63, 3.8) is 0 Å². The third-order valence-corrected chi connectivity index (χ3v) is 15.6. The highest BCUT2D eigenvalue weighted by atomic mass is 79.9. The summed E-state index contributed by atoms with van der Waals surface area (Å²) in [4.78, 5) is 34.0. The lowest BCUT2D eigenvalue weighted by Gasteiger charge is -2.14. The third-order valence-electron chi connectivity index (χ3n) is 10.1. The lowest BCUT2D eigenvalue weighted by molar-refractivity contribution is 0.0652. The van der Waals surface area contributed by atoms with Crippen molar-refractivity contribution in [2.24, 2.45) is 0 Å². The van der Waals surface area contributed by atoms with Crippen molar-refractivity contribution in [2.45, 2.75) is 175 Å². The largest absolute Gasteiger partial charge is 0.274 e. The average molecular weight is 868 g/mol. The summed E-state index contributed by atoms with van der Waals surface area (Å²) in [7, 11) is 0. The summed E-state index contributed by atoms with van der Waals surface area (Å²) in [5.41, 5.74) is 3.93. The van der Waals surface area contributed by atoms with E-state index in [1.807, 2.05) is 0 Å². The van der Waals surface area contributed by atoms with Crippen molar-refractivity contribution < 1.29 is 9.59 Å². The third kappa shape index (κ3) is 12.1. The molecule has 0 fully saturated rings. The highest BCUT2D eigenvalue weighted by molar-refractivity contribution is 9.11. The molecule has 278 valence electrons. The summed E-state index contributed by atoms with van der Waals surface area (Å²) in [5, 5.41) is 0. The Kier molecular flexibility index (Phi) is 19.4. The molecule has 0 atom stereocenters. The van der Waals surface area contributed by atoms with Gasteiger partial charge in [-0.3, -0.25) is 14.5 Å². The Morgan fingerprint density at radius 2 is 0.820 bits per heavy atom. The summed E-state index contributed by atoms with van der Waals surface area (Å²) in [6.45, 7) is 7.31. The molecule has 4 heterocycles. The minimum atomic E-state index is -0.0941. The van der Waals surface area contributed by atoms with E-state index in [1.165, 1.54) is 140 Å². The van der Waals surface area contributed by atoms with Crippen LogP contribution in [0.4, 0.5) is 0 Å². The van der Waals surface area contributed by atoms with E-state index < -0.39 is 0 Å². The van der Waals surface area contributed by atoms with Gasteiger partial charge in [0.15, 0.2) is 0 Å². The number of hydrogen-bond donors (Lipinski definition) is 0. The molecule has 0 unspecified atom stereocenters. The lowest BCUT2D eigenvalue weighted by Crippen LogP contribution is -2.31. The molecule has 0 N–H and O–H groups in total. The van der Waals surface area contributed by atoms with Gasteiger partial charge in [0.1, 0.15) is 0 Å². The maximum Gasteiger partial charge on any atom is 0.263 e. The van der Waals surface area contributed by atoms with E-state index >= 15 is 0 Å². The van der Waals surface area contributed by atoms with Crippen molar-refractivity contribution in [3.8, 4) is 19.5 Å². The first-order valence-electron chi connectivity index (χ1n) is 20.0. The van der Waals surface area contributed by atoms with E-state index in [0.717, 1.165) is 52.8 Å². The second-order valence-electron chi connectivity index (χ2n) is 14.3. The predicted molar refractivity (Wildman–Crippen MR) is 228 cm³/mol. The summed E-state index contributed by atoms with van der Waals surface area (Å²) in [6, 6.07) is 4.57. The van der Waals surface area contributed by atoms with Crippen molar-refractivity contribution in [3.05, 3.63) is 42.0 Å². The first-order chi connectivity index (χ1) is 24.4. The van der Waals surface area contributed by atoms with Crippen molar-refractivity contribution >= 4 is 77.7 Å². The fraction of sp³-hybridized carbons (Fsp3) is 0.667. The molecule has 3 nitrogen and oxygen atoms in total. The fourth-order valence-electron chi connectivity index (χ4n) is 7.08. The minimum absolute atomic E-state index is 0.0941. The molecule has 0 saturated heterocycles. The molecule has 50 heavy (non-hydrogen) atoms. The Bertz CT molecular complexity index is 1380. The number of fused-ring (bicyclic) bond motifs is 1. The lowest BCUT2D eigenvalue weighted by atomic mass is 10.1. The Morgan fingerprint density at radius 3 is 1.20 bits per heavy atom. The van der Waals surface area contributed by atoms with E-state index in [0.29, 0.717) is 17.7 Å². The molecule has 8 heteroatoms. The Hall–Kier alpha value is -0.800. The quantitative estimate of drug-likeness (QED) is 0.0565. The molecule has 3 aromatic rings. The number of amides is 2.